The molecule has 0 aliphatic carbocycles. The van der Waals surface area contributed by atoms with Gasteiger partial charge in [-0.05, 0) is 56.5 Å². The van der Waals surface area contributed by atoms with E-state index in [9.17, 15) is 24.3 Å². The molecule has 15 nitrogen and oxygen atoms in total. The minimum absolute atomic E-state index is 0.00377. The summed E-state index contributed by atoms with van der Waals surface area (Å²) in [5, 5.41) is 17.3. The van der Waals surface area contributed by atoms with Crippen molar-refractivity contribution in [2.45, 2.75) is 76.5 Å². The molecule has 16 heteroatoms. The van der Waals surface area contributed by atoms with Crippen LogP contribution in [-0.2, 0) is 19.2 Å². The fraction of sp³-hybridized carbons (Fsp3) is 0.739. The predicted octanol–water partition coefficient (Wildman–Crippen LogP) is -2.24. The molecule has 0 aromatic rings. The summed E-state index contributed by atoms with van der Waals surface area (Å²) in [6.07, 6.45) is 3.56. The number of nitrogens with two attached hydrogens (primary N) is 5. The quantitative estimate of drug-likeness (QED) is 0.0425. The third-order valence-corrected chi connectivity index (χ3v) is 6.09. The van der Waals surface area contributed by atoms with Gasteiger partial charge in [0, 0.05) is 13.1 Å². The van der Waals surface area contributed by atoms with Crippen LogP contribution in [0.15, 0.2) is 9.98 Å². The van der Waals surface area contributed by atoms with Gasteiger partial charge in [-0.3, -0.25) is 24.4 Å². The molecule has 0 radical (unpaired) electrons. The van der Waals surface area contributed by atoms with Gasteiger partial charge in [0.05, 0.1) is 6.04 Å². The van der Waals surface area contributed by atoms with Crippen molar-refractivity contribution >= 4 is 47.4 Å². The van der Waals surface area contributed by atoms with Crippen LogP contribution >= 0.6 is 11.8 Å². The molecule has 0 spiro atoms. The Labute approximate surface area is 233 Å². The minimum Gasteiger partial charge on any atom is -0.480 e. The van der Waals surface area contributed by atoms with E-state index in [1.807, 2.05) is 20.1 Å². The Morgan fingerprint density at radius 1 is 0.769 bits per heavy atom. The number of carboxylic acid groups (broad SMARTS) is 1. The first-order chi connectivity index (χ1) is 18.3. The Hall–Kier alpha value is -3.27. The summed E-state index contributed by atoms with van der Waals surface area (Å²) in [4.78, 5) is 58.3. The predicted molar refractivity (Wildman–Crippen MR) is 154 cm³/mol. The van der Waals surface area contributed by atoms with Crippen molar-refractivity contribution in [1.29, 1.82) is 0 Å². The lowest BCUT2D eigenvalue weighted by Gasteiger charge is -2.26. The number of guanidine groups is 2. The minimum atomic E-state index is -1.16. The highest BCUT2D eigenvalue weighted by Crippen LogP contribution is 2.09. The number of rotatable bonds is 20. The molecule has 0 saturated carbocycles. The first-order valence-electron chi connectivity index (χ1n) is 12.8. The smallest absolute Gasteiger partial charge is 0.326 e. The van der Waals surface area contributed by atoms with Gasteiger partial charge in [0.1, 0.15) is 18.1 Å². The highest BCUT2D eigenvalue weighted by molar-refractivity contribution is 7.98. The van der Waals surface area contributed by atoms with Gasteiger partial charge in [-0.25, -0.2) is 4.79 Å². The average Bonchev–Trinajstić information content (AvgIpc) is 2.84. The summed E-state index contributed by atoms with van der Waals surface area (Å²) < 4.78 is 0. The molecular formula is C23H46N10O5S. The Kier molecular flexibility index (Phi) is 18.1. The first-order valence-corrected chi connectivity index (χ1v) is 14.2. The maximum Gasteiger partial charge on any atom is 0.326 e. The molecule has 0 fully saturated rings. The zero-order valence-corrected chi connectivity index (χ0v) is 23.8. The van der Waals surface area contributed by atoms with E-state index in [0.29, 0.717) is 25.1 Å². The molecule has 0 saturated heterocycles. The molecule has 0 aliphatic rings. The molecule has 0 bridgehead atoms. The molecule has 3 amide bonds. The van der Waals surface area contributed by atoms with Gasteiger partial charge < -0.3 is 49.7 Å². The third kappa shape index (κ3) is 17.0. The second-order valence-corrected chi connectivity index (χ2v) is 10.4. The lowest BCUT2D eigenvalue weighted by atomic mass is 10.0. The number of hydrogen-bond acceptors (Lipinski definition) is 8. The van der Waals surface area contributed by atoms with E-state index in [-0.39, 0.29) is 50.1 Å². The molecular weight excluding hydrogens is 528 g/mol. The van der Waals surface area contributed by atoms with Crippen LogP contribution in [0.25, 0.3) is 0 Å². The molecule has 0 rings (SSSR count). The molecule has 0 aromatic heterocycles. The number of nitrogens with one attached hydrogen (secondary N) is 3. The zero-order valence-electron chi connectivity index (χ0n) is 23.0. The SMILES string of the molecule is CSCCC(NC(=O)C(CC(C)C)NC(=O)C(CCCN=C(N)N)NC(=O)C(N)CCCN=C(N)N)C(=O)O. The summed E-state index contributed by atoms with van der Waals surface area (Å²) >= 11 is 1.46. The summed E-state index contributed by atoms with van der Waals surface area (Å²) in [5.74, 6) is -2.58. The van der Waals surface area contributed by atoms with Crippen LogP contribution < -0.4 is 44.6 Å². The largest absolute Gasteiger partial charge is 0.480 e. The number of thioether (sulfide) groups is 1. The second kappa shape index (κ2) is 19.7. The monoisotopic (exact) mass is 574 g/mol. The average molecular weight is 575 g/mol. The Balaban J connectivity index is 5.55. The summed E-state index contributed by atoms with van der Waals surface area (Å²) in [6, 6.07) is -4.07. The van der Waals surface area contributed by atoms with Crippen molar-refractivity contribution in [2.75, 3.05) is 25.1 Å². The Morgan fingerprint density at radius 2 is 1.26 bits per heavy atom. The standard InChI is InChI=1S/C23H46N10O5S/c1-13(2)12-17(20(36)32-16(21(37)38)8-11-39-3)33-19(35)15(7-5-10-30-23(27)28)31-18(34)14(24)6-4-9-29-22(25)26/h13-17H,4-12,24H2,1-3H3,(H,31,34)(H,32,36)(H,33,35)(H,37,38)(H4,25,26,29)(H4,27,28,30). The van der Waals surface area contributed by atoms with Gasteiger partial charge in [0.15, 0.2) is 11.9 Å². The molecule has 14 N–H and O–H groups in total. The molecule has 39 heavy (non-hydrogen) atoms. The van der Waals surface area contributed by atoms with E-state index in [4.69, 9.17) is 28.7 Å². The van der Waals surface area contributed by atoms with Crippen molar-refractivity contribution < 1.29 is 24.3 Å². The van der Waals surface area contributed by atoms with Gasteiger partial charge >= 0.3 is 5.97 Å². The van der Waals surface area contributed by atoms with Crippen LogP contribution in [0.5, 0.6) is 0 Å². The molecule has 4 atom stereocenters. The molecule has 0 heterocycles. The number of aliphatic carboxylic acids is 1. The van der Waals surface area contributed by atoms with Gasteiger partial charge in [0.2, 0.25) is 17.7 Å². The highest BCUT2D eigenvalue weighted by atomic mass is 32.2. The second-order valence-electron chi connectivity index (χ2n) is 9.44. The van der Waals surface area contributed by atoms with Crippen LogP contribution in [0.2, 0.25) is 0 Å². The molecule has 0 aromatic carbocycles. The summed E-state index contributed by atoms with van der Waals surface area (Å²) in [7, 11) is 0. The van der Waals surface area contributed by atoms with Gasteiger partial charge in [-0.1, -0.05) is 13.8 Å². The topological polar surface area (TPSA) is 279 Å². The van der Waals surface area contributed by atoms with Crippen molar-refractivity contribution in [2.24, 2.45) is 44.6 Å². The normalized spacial score (nSPS) is 13.9. The zero-order chi connectivity index (χ0) is 30.0. The lowest BCUT2D eigenvalue weighted by molar-refractivity contribution is -0.142. The number of hydrogen-bond donors (Lipinski definition) is 9. The Morgan fingerprint density at radius 3 is 1.74 bits per heavy atom. The van der Waals surface area contributed by atoms with E-state index in [0.717, 1.165) is 0 Å². The van der Waals surface area contributed by atoms with Gasteiger partial charge in [-0.15, -0.1) is 0 Å². The maximum absolute atomic E-state index is 13.3. The summed E-state index contributed by atoms with van der Waals surface area (Å²) in [5.41, 5.74) is 27.3. The van der Waals surface area contributed by atoms with Crippen LogP contribution in [0.1, 0.15) is 52.4 Å². The highest BCUT2D eigenvalue weighted by Gasteiger charge is 2.30. The molecule has 0 aliphatic heterocycles. The van der Waals surface area contributed by atoms with E-state index < -0.39 is 47.9 Å². The van der Waals surface area contributed by atoms with Crippen molar-refractivity contribution in [1.82, 2.24) is 16.0 Å². The third-order valence-electron chi connectivity index (χ3n) is 5.45. The van der Waals surface area contributed by atoms with Gasteiger partial charge in [0.25, 0.3) is 0 Å². The van der Waals surface area contributed by atoms with E-state index >= 15 is 0 Å². The number of carboxylic acids is 1. The molecule has 224 valence electrons. The van der Waals surface area contributed by atoms with E-state index in [2.05, 4.69) is 25.9 Å². The fourth-order valence-corrected chi connectivity index (χ4v) is 3.91. The van der Waals surface area contributed by atoms with Crippen LogP contribution in [0.3, 0.4) is 0 Å². The van der Waals surface area contributed by atoms with Crippen LogP contribution in [-0.4, -0.2) is 90.0 Å². The first kappa shape index (κ1) is 35.7. The van der Waals surface area contributed by atoms with Crippen molar-refractivity contribution in [3.8, 4) is 0 Å². The Bertz CT molecular complexity index is 847. The number of amides is 3. The number of carbonyl (C=O) groups is 4. The maximum atomic E-state index is 13.3. The van der Waals surface area contributed by atoms with Crippen molar-refractivity contribution in [3.63, 3.8) is 0 Å². The number of aliphatic imine (C=N–C) groups is 2. The van der Waals surface area contributed by atoms with E-state index in [1.54, 1.807) is 0 Å². The van der Waals surface area contributed by atoms with Crippen molar-refractivity contribution in [3.05, 3.63) is 0 Å². The summed E-state index contributed by atoms with van der Waals surface area (Å²) in [6.45, 7) is 4.25. The molecule has 4 unspecified atom stereocenters. The van der Waals surface area contributed by atoms with Crippen LogP contribution in [0, 0.1) is 5.92 Å². The van der Waals surface area contributed by atoms with Gasteiger partial charge in [-0.2, -0.15) is 11.8 Å². The lowest BCUT2D eigenvalue weighted by Crippen LogP contribution is -2.57. The number of nitrogens with zero attached hydrogens (tertiary/aromatic N) is 2. The van der Waals surface area contributed by atoms with E-state index in [1.165, 1.54) is 11.8 Å². The number of carbonyl (C=O) groups excluding carboxylic acids is 3. The fourth-order valence-electron chi connectivity index (χ4n) is 3.44. The van der Waals surface area contributed by atoms with Crippen LogP contribution in [0.4, 0.5) is 0 Å².